The van der Waals surface area contributed by atoms with E-state index in [1.165, 1.54) is 12.1 Å². The quantitative estimate of drug-likeness (QED) is 0.549. The van der Waals surface area contributed by atoms with Crippen LogP contribution in [-0.2, 0) is 0 Å². The Morgan fingerprint density at radius 1 is 1.41 bits per heavy atom. The summed E-state index contributed by atoms with van der Waals surface area (Å²) in [7, 11) is 0. The molecule has 2 fully saturated rings. The summed E-state index contributed by atoms with van der Waals surface area (Å²) in [6.07, 6.45) is 4.31. The summed E-state index contributed by atoms with van der Waals surface area (Å²) >= 11 is 0. The van der Waals surface area contributed by atoms with E-state index in [1.807, 2.05) is 0 Å². The topological polar surface area (TPSA) is 104 Å². The number of nitrogens with one attached hydrogen (secondary N) is 2. The van der Waals surface area contributed by atoms with Crippen molar-refractivity contribution in [3.05, 3.63) is 33.9 Å². The maximum atomic E-state index is 12.0. The van der Waals surface area contributed by atoms with Crippen molar-refractivity contribution in [3.63, 3.8) is 0 Å². The van der Waals surface area contributed by atoms with Gasteiger partial charge in [-0.3, -0.25) is 14.9 Å². The molecule has 22 heavy (non-hydrogen) atoms. The molecule has 0 unspecified atom stereocenters. The van der Waals surface area contributed by atoms with Gasteiger partial charge < -0.3 is 15.7 Å². The second-order valence-corrected chi connectivity index (χ2v) is 6.17. The standard InChI is InChI=1S/C15H19N3O4/c19-14(17-11-3-4-11)10-2-5-12(13(8-10)18(21)22)16-9-15(20)6-1-7-15/h2,5,8,11,16,20H,1,3-4,6-7,9H2,(H,17,19). The van der Waals surface area contributed by atoms with Gasteiger partial charge in [0.1, 0.15) is 5.69 Å². The van der Waals surface area contributed by atoms with Crippen molar-refractivity contribution in [2.45, 2.75) is 43.7 Å². The number of benzene rings is 1. The second-order valence-electron chi connectivity index (χ2n) is 6.17. The molecule has 0 heterocycles. The van der Waals surface area contributed by atoms with Gasteiger partial charge in [-0.2, -0.15) is 0 Å². The van der Waals surface area contributed by atoms with Gasteiger partial charge in [-0.25, -0.2) is 0 Å². The van der Waals surface area contributed by atoms with Gasteiger partial charge in [0.05, 0.1) is 10.5 Å². The van der Waals surface area contributed by atoms with Crippen molar-refractivity contribution in [1.82, 2.24) is 5.32 Å². The Morgan fingerprint density at radius 3 is 2.68 bits per heavy atom. The van der Waals surface area contributed by atoms with Crippen molar-refractivity contribution < 1.29 is 14.8 Å². The predicted octanol–water partition coefficient (Wildman–Crippen LogP) is 1.81. The minimum atomic E-state index is -0.768. The summed E-state index contributed by atoms with van der Waals surface area (Å²) in [5.74, 6) is -0.283. The Balaban J connectivity index is 1.74. The van der Waals surface area contributed by atoms with Crippen LogP contribution in [0.3, 0.4) is 0 Å². The van der Waals surface area contributed by atoms with E-state index >= 15 is 0 Å². The fourth-order valence-electron chi connectivity index (χ4n) is 2.49. The SMILES string of the molecule is O=C(NC1CC1)c1ccc(NCC2(O)CCC2)c([N+](=O)[O-])c1. The number of carbonyl (C=O) groups is 1. The third kappa shape index (κ3) is 3.19. The zero-order valence-corrected chi connectivity index (χ0v) is 12.2. The molecule has 3 rings (SSSR count). The molecule has 1 amide bonds. The number of nitro groups is 1. The molecule has 118 valence electrons. The molecule has 2 aliphatic rings. The third-order valence-corrected chi connectivity index (χ3v) is 4.26. The molecular weight excluding hydrogens is 286 g/mol. The summed E-state index contributed by atoms with van der Waals surface area (Å²) < 4.78 is 0. The first-order chi connectivity index (χ1) is 10.5. The number of amides is 1. The zero-order valence-electron chi connectivity index (χ0n) is 12.2. The van der Waals surface area contributed by atoms with Crippen LogP contribution < -0.4 is 10.6 Å². The molecule has 0 bridgehead atoms. The first kappa shape index (κ1) is 14.8. The van der Waals surface area contributed by atoms with Crippen LogP contribution in [0.15, 0.2) is 18.2 Å². The second kappa shape index (κ2) is 5.57. The number of hydrogen-bond acceptors (Lipinski definition) is 5. The van der Waals surface area contributed by atoms with Crippen molar-refractivity contribution in [2.75, 3.05) is 11.9 Å². The summed E-state index contributed by atoms with van der Waals surface area (Å²) in [6, 6.07) is 4.59. The Bertz CT molecular complexity index is 609. The zero-order chi connectivity index (χ0) is 15.7. The largest absolute Gasteiger partial charge is 0.388 e. The van der Waals surface area contributed by atoms with E-state index in [4.69, 9.17) is 0 Å². The number of aliphatic hydroxyl groups is 1. The molecular formula is C15H19N3O4. The first-order valence-electron chi connectivity index (χ1n) is 7.52. The van der Waals surface area contributed by atoms with Gasteiger partial charge in [-0.05, 0) is 44.2 Å². The number of nitrogens with zero attached hydrogens (tertiary/aromatic N) is 1. The molecule has 0 spiro atoms. The van der Waals surface area contributed by atoms with Crippen molar-refractivity contribution in [1.29, 1.82) is 0 Å². The number of hydrogen-bond donors (Lipinski definition) is 3. The fraction of sp³-hybridized carbons (Fsp3) is 0.533. The van der Waals surface area contributed by atoms with Crippen LogP contribution in [0.1, 0.15) is 42.5 Å². The molecule has 0 aliphatic heterocycles. The van der Waals surface area contributed by atoms with Gasteiger partial charge in [0.25, 0.3) is 11.6 Å². The minimum Gasteiger partial charge on any atom is -0.388 e. The van der Waals surface area contributed by atoms with Crippen LogP contribution in [0.4, 0.5) is 11.4 Å². The Hall–Kier alpha value is -2.15. The van der Waals surface area contributed by atoms with Crippen LogP contribution in [0.5, 0.6) is 0 Å². The van der Waals surface area contributed by atoms with Gasteiger partial charge in [-0.15, -0.1) is 0 Å². The van der Waals surface area contributed by atoms with E-state index < -0.39 is 10.5 Å². The predicted molar refractivity (Wildman–Crippen MR) is 80.9 cm³/mol. The number of rotatable bonds is 6. The molecule has 3 N–H and O–H groups in total. The molecule has 2 saturated carbocycles. The lowest BCUT2D eigenvalue weighted by Gasteiger charge is -2.36. The van der Waals surface area contributed by atoms with Crippen LogP contribution in [-0.4, -0.2) is 34.1 Å². The van der Waals surface area contributed by atoms with Gasteiger partial charge in [0.2, 0.25) is 0 Å². The molecule has 1 aromatic rings. The molecule has 0 atom stereocenters. The van der Waals surface area contributed by atoms with Crippen molar-refractivity contribution in [3.8, 4) is 0 Å². The normalized spacial score (nSPS) is 19.1. The molecule has 7 nitrogen and oxygen atoms in total. The van der Waals surface area contributed by atoms with Crippen molar-refractivity contribution in [2.24, 2.45) is 0 Å². The van der Waals surface area contributed by atoms with E-state index in [0.29, 0.717) is 18.5 Å². The lowest BCUT2D eigenvalue weighted by molar-refractivity contribution is -0.384. The molecule has 7 heteroatoms. The molecule has 0 aromatic heterocycles. The highest BCUT2D eigenvalue weighted by Crippen LogP contribution is 2.33. The highest BCUT2D eigenvalue weighted by atomic mass is 16.6. The van der Waals surface area contributed by atoms with Crippen LogP contribution >= 0.6 is 0 Å². The molecule has 2 aliphatic carbocycles. The monoisotopic (exact) mass is 305 g/mol. The molecule has 0 radical (unpaired) electrons. The smallest absolute Gasteiger partial charge is 0.293 e. The molecule has 0 saturated heterocycles. The summed E-state index contributed by atoms with van der Waals surface area (Å²) in [5.41, 5.74) is -0.304. The van der Waals surface area contributed by atoms with Gasteiger partial charge in [-0.1, -0.05) is 0 Å². The maximum Gasteiger partial charge on any atom is 0.293 e. The van der Waals surface area contributed by atoms with E-state index in [-0.39, 0.29) is 29.7 Å². The number of carbonyl (C=O) groups excluding carboxylic acids is 1. The Morgan fingerprint density at radius 2 is 2.14 bits per heavy atom. The number of nitro benzene ring substituents is 1. The van der Waals surface area contributed by atoms with Gasteiger partial charge in [0, 0.05) is 24.2 Å². The van der Waals surface area contributed by atoms with E-state index in [1.54, 1.807) is 6.07 Å². The highest BCUT2D eigenvalue weighted by Gasteiger charge is 2.34. The highest BCUT2D eigenvalue weighted by molar-refractivity contribution is 5.96. The van der Waals surface area contributed by atoms with Crippen LogP contribution in [0, 0.1) is 10.1 Å². The summed E-state index contributed by atoms with van der Waals surface area (Å²) in [5, 5.41) is 27.0. The van der Waals surface area contributed by atoms with E-state index in [2.05, 4.69) is 10.6 Å². The summed E-state index contributed by atoms with van der Waals surface area (Å²) in [4.78, 5) is 22.7. The summed E-state index contributed by atoms with van der Waals surface area (Å²) in [6.45, 7) is 0.279. The lowest BCUT2D eigenvalue weighted by Crippen LogP contribution is -2.43. The van der Waals surface area contributed by atoms with Gasteiger partial charge in [0.15, 0.2) is 0 Å². The minimum absolute atomic E-state index is 0.147. The Labute approximate surface area is 127 Å². The van der Waals surface area contributed by atoms with Crippen LogP contribution in [0.2, 0.25) is 0 Å². The average molecular weight is 305 g/mol. The first-order valence-corrected chi connectivity index (χ1v) is 7.52. The molecule has 1 aromatic carbocycles. The fourth-order valence-corrected chi connectivity index (χ4v) is 2.49. The number of anilines is 1. The van der Waals surface area contributed by atoms with E-state index in [9.17, 15) is 20.0 Å². The van der Waals surface area contributed by atoms with Crippen LogP contribution in [0.25, 0.3) is 0 Å². The Kier molecular flexibility index (Phi) is 3.74. The maximum absolute atomic E-state index is 12.0. The lowest BCUT2D eigenvalue weighted by atomic mass is 9.80. The average Bonchev–Trinajstić information content (AvgIpc) is 3.26. The van der Waals surface area contributed by atoms with Gasteiger partial charge >= 0.3 is 0 Å². The van der Waals surface area contributed by atoms with E-state index in [0.717, 1.165) is 19.3 Å². The third-order valence-electron chi connectivity index (χ3n) is 4.26. The van der Waals surface area contributed by atoms with Crippen molar-refractivity contribution >= 4 is 17.3 Å².